The van der Waals surface area contributed by atoms with Crippen LogP contribution in [0.4, 0.5) is 0 Å². The minimum absolute atomic E-state index is 0.181. The van der Waals surface area contributed by atoms with Crippen molar-refractivity contribution in [1.29, 1.82) is 0 Å². The highest BCUT2D eigenvalue weighted by Gasteiger charge is 2.11. The number of nitrogens with two attached hydrogens (primary N) is 1. The molecular weight excluding hydrogens is 182 g/mol. The summed E-state index contributed by atoms with van der Waals surface area (Å²) in [7, 11) is 0. The Balaban J connectivity index is 2.21. The van der Waals surface area contributed by atoms with Gasteiger partial charge in [-0.25, -0.2) is 4.68 Å². The van der Waals surface area contributed by atoms with E-state index in [0.717, 1.165) is 5.76 Å². The zero-order chi connectivity index (χ0) is 9.97. The summed E-state index contributed by atoms with van der Waals surface area (Å²) in [6.45, 7) is 2.35. The van der Waals surface area contributed by atoms with E-state index in [4.69, 9.17) is 10.2 Å². The molecule has 0 radical (unpaired) electrons. The Hall–Kier alpha value is -1.69. The lowest BCUT2D eigenvalue weighted by Crippen LogP contribution is -2.14. The van der Waals surface area contributed by atoms with Crippen molar-refractivity contribution in [2.45, 2.75) is 19.5 Å². The first-order valence-corrected chi connectivity index (χ1v) is 4.31. The van der Waals surface area contributed by atoms with Crippen molar-refractivity contribution in [2.24, 2.45) is 5.73 Å². The minimum atomic E-state index is -0.181. The molecule has 2 aromatic heterocycles. The van der Waals surface area contributed by atoms with Gasteiger partial charge < -0.3 is 10.2 Å². The molecule has 0 fully saturated rings. The summed E-state index contributed by atoms with van der Waals surface area (Å²) < 4.78 is 6.81. The quantitative estimate of drug-likeness (QED) is 0.759. The zero-order valence-corrected chi connectivity index (χ0v) is 7.79. The molecule has 1 unspecified atom stereocenters. The molecular formula is C8H11N5O. The normalized spacial score (nSPS) is 13.0. The van der Waals surface area contributed by atoms with Crippen LogP contribution in [0.2, 0.25) is 0 Å². The highest BCUT2D eigenvalue weighted by Crippen LogP contribution is 2.07. The third kappa shape index (κ3) is 1.64. The van der Waals surface area contributed by atoms with Gasteiger partial charge in [0.25, 0.3) is 0 Å². The fraction of sp³-hybridized carbons (Fsp3) is 0.375. The van der Waals surface area contributed by atoms with E-state index in [1.54, 1.807) is 10.9 Å². The topological polar surface area (TPSA) is 82.8 Å². The van der Waals surface area contributed by atoms with Crippen molar-refractivity contribution < 1.29 is 4.42 Å². The lowest BCUT2D eigenvalue weighted by molar-refractivity contribution is 0.464. The number of hydrogen-bond donors (Lipinski definition) is 1. The van der Waals surface area contributed by atoms with Crippen molar-refractivity contribution in [3.63, 3.8) is 0 Å². The average molecular weight is 193 g/mol. The molecule has 0 saturated heterocycles. The van der Waals surface area contributed by atoms with Gasteiger partial charge in [-0.15, -0.1) is 5.10 Å². The summed E-state index contributed by atoms with van der Waals surface area (Å²) in [5.41, 5.74) is 5.69. The fourth-order valence-electron chi connectivity index (χ4n) is 1.20. The Labute approximate surface area is 80.7 Å². The Morgan fingerprint density at radius 2 is 2.50 bits per heavy atom. The van der Waals surface area contributed by atoms with Crippen LogP contribution in [0.5, 0.6) is 0 Å². The summed E-state index contributed by atoms with van der Waals surface area (Å²) in [6, 6.07) is 3.51. The second kappa shape index (κ2) is 3.59. The van der Waals surface area contributed by atoms with E-state index in [1.165, 1.54) is 0 Å². The van der Waals surface area contributed by atoms with Crippen LogP contribution < -0.4 is 5.73 Å². The van der Waals surface area contributed by atoms with Crippen LogP contribution in [0.1, 0.15) is 24.6 Å². The van der Waals surface area contributed by atoms with Gasteiger partial charge in [-0.05, 0) is 29.5 Å². The van der Waals surface area contributed by atoms with Crippen LogP contribution in [0.25, 0.3) is 0 Å². The molecule has 0 aliphatic rings. The Morgan fingerprint density at radius 3 is 3.14 bits per heavy atom. The van der Waals surface area contributed by atoms with E-state index in [1.807, 2.05) is 19.1 Å². The van der Waals surface area contributed by atoms with Gasteiger partial charge in [-0.2, -0.15) is 0 Å². The number of nitrogens with zero attached hydrogens (tertiary/aromatic N) is 4. The van der Waals surface area contributed by atoms with E-state index in [2.05, 4.69) is 15.5 Å². The second-order valence-corrected chi connectivity index (χ2v) is 3.06. The van der Waals surface area contributed by atoms with Gasteiger partial charge in [0.15, 0.2) is 5.82 Å². The summed E-state index contributed by atoms with van der Waals surface area (Å²) in [6.07, 6.45) is 1.62. The molecule has 0 aromatic carbocycles. The van der Waals surface area contributed by atoms with Crippen molar-refractivity contribution >= 4 is 0 Å². The molecule has 2 aromatic rings. The molecule has 0 aliphatic heterocycles. The highest BCUT2D eigenvalue weighted by molar-refractivity contribution is 5.00. The molecule has 0 aliphatic carbocycles. The molecule has 6 heteroatoms. The van der Waals surface area contributed by atoms with Gasteiger partial charge in [-0.3, -0.25) is 0 Å². The standard InChI is InChI=1S/C8H11N5O/c1-6(9)8-10-11-12-13(8)5-7-3-2-4-14-7/h2-4,6H,5,9H2,1H3. The molecule has 0 saturated carbocycles. The number of rotatable bonds is 3. The van der Waals surface area contributed by atoms with Gasteiger partial charge in [0, 0.05) is 0 Å². The van der Waals surface area contributed by atoms with Crippen LogP contribution in [-0.4, -0.2) is 20.2 Å². The summed E-state index contributed by atoms with van der Waals surface area (Å²) >= 11 is 0. The number of furan rings is 1. The third-order valence-corrected chi connectivity index (χ3v) is 1.85. The number of aromatic nitrogens is 4. The SMILES string of the molecule is CC(N)c1nnnn1Cc1ccco1. The molecule has 14 heavy (non-hydrogen) atoms. The molecule has 0 spiro atoms. The maximum Gasteiger partial charge on any atom is 0.168 e. The summed E-state index contributed by atoms with van der Waals surface area (Å²) in [5.74, 6) is 1.46. The highest BCUT2D eigenvalue weighted by atomic mass is 16.3. The van der Waals surface area contributed by atoms with Crippen LogP contribution in [-0.2, 0) is 6.54 Å². The molecule has 2 heterocycles. The van der Waals surface area contributed by atoms with Crippen LogP contribution in [0.3, 0.4) is 0 Å². The van der Waals surface area contributed by atoms with E-state index in [0.29, 0.717) is 12.4 Å². The predicted molar refractivity (Wildman–Crippen MR) is 48.2 cm³/mol. The predicted octanol–water partition coefficient (Wildman–Crippen LogP) is 0.334. The van der Waals surface area contributed by atoms with Crippen LogP contribution in [0, 0.1) is 0 Å². The average Bonchev–Trinajstić information content (AvgIpc) is 2.75. The van der Waals surface area contributed by atoms with Crippen LogP contribution in [0.15, 0.2) is 22.8 Å². The molecule has 74 valence electrons. The monoisotopic (exact) mass is 193 g/mol. The van der Waals surface area contributed by atoms with Crippen molar-refractivity contribution in [3.05, 3.63) is 30.0 Å². The first kappa shape index (κ1) is 8.89. The minimum Gasteiger partial charge on any atom is -0.467 e. The molecule has 6 nitrogen and oxygen atoms in total. The van der Waals surface area contributed by atoms with Gasteiger partial charge in [0.1, 0.15) is 12.3 Å². The van der Waals surface area contributed by atoms with Crippen molar-refractivity contribution in [1.82, 2.24) is 20.2 Å². The lowest BCUT2D eigenvalue weighted by atomic mass is 10.3. The first-order valence-electron chi connectivity index (χ1n) is 4.31. The van der Waals surface area contributed by atoms with Crippen LogP contribution >= 0.6 is 0 Å². The molecule has 0 amide bonds. The Bertz CT molecular complexity index is 392. The molecule has 1 atom stereocenters. The Morgan fingerprint density at radius 1 is 1.64 bits per heavy atom. The molecule has 2 N–H and O–H groups in total. The van der Waals surface area contributed by atoms with Gasteiger partial charge >= 0.3 is 0 Å². The largest absolute Gasteiger partial charge is 0.467 e. The third-order valence-electron chi connectivity index (χ3n) is 1.85. The van der Waals surface area contributed by atoms with E-state index in [-0.39, 0.29) is 6.04 Å². The lowest BCUT2D eigenvalue weighted by Gasteiger charge is -2.04. The van der Waals surface area contributed by atoms with Crippen molar-refractivity contribution in [3.8, 4) is 0 Å². The molecule has 0 bridgehead atoms. The number of tetrazole rings is 1. The maximum absolute atomic E-state index is 5.69. The smallest absolute Gasteiger partial charge is 0.168 e. The van der Waals surface area contributed by atoms with E-state index >= 15 is 0 Å². The fourth-order valence-corrected chi connectivity index (χ4v) is 1.20. The van der Waals surface area contributed by atoms with Gasteiger partial charge in [0.2, 0.25) is 0 Å². The maximum atomic E-state index is 5.69. The van der Waals surface area contributed by atoms with Crippen molar-refractivity contribution in [2.75, 3.05) is 0 Å². The summed E-state index contributed by atoms with van der Waals surface area (Å²) in [5, 5.41) is 11.2. The van der Waals surface area contributed by atoms with E-state index in [9.17, 15) is 0 Å². The van der Waals surface area contributed by atoms with E-state index < -0.39 is 0 Å². The second-order valence-electron chi connectivity index (χ2n) is 3.06. The number of hydrogen-bond acceptors (Lipinski definition) is 5. The van der Waals surface area contributed by atoms with Gasteiger partial charge in [-0.1, -0.05) is 0 Å². The summed E-state index contributed by atoms with van der Waals surface area (Å²) in [4.78, 5) is 0. The van der Waals surface area contributed by atoms with Gasteiger partial charge in [0.05, 0.1) is 12.3 Å². The Kier molecular flexibility index (Phi) is 2.28. The first-order chi connectivity index (χ1) is 6.77. The molecule has 2 rings (SSSR count). The zero-order valence-electron chi connectivity index (χ0n) is 7.79.